The Labute approximate surface area is 180 Å². The summed E-state index contributed by atoms with van der Waals surface area (Å²) in [4.78, 5) is 24.3. The standard InChI is InChI=1S/C19H16ClFN2O5S2/c1-10-7-13(11(2)23(10)12-3-4-15(21)14(20)8-12)16(24)9-28-19(25)18-17(5-6-29-18)30(22,26)27/h3-8H,9H2,1-2H3,(H2,22,26,27). The number of carbonyl (C=O) groups excluding carboxylic acids is 2. The van der Waals surface area contributed by atoms with Crippen LogP contribution in [0.2, 0.25) is 5.02 Å². The summed E-state index contributed by atoms with van der Waals surface area (Å²) in [5, 5.41) is 6.41. The van der Waals surface area contributed by atoms with Crippen molar-refractivity contribution in [2.45, 2.75) is 18.7 Å². The number of ketones is 1. The van der Waals surface area contributed by atoms with Gasteiger partial charge in [0.25, 0.3) is 0 Å². The minimum atomic E-state index is -4.09. The number of Topliss-reactive ketones (excluding diaryl/α,β-unsaturated/α-hetero) is 1. The second kappa shape index (κ2) is 8.31. The molecule has 2 aromatic heterocycles. The number of carbonyl (C=O) groups is 2. The first-order valence-corrected chi connectivity index (χ1v) is 11.3. The van der Waals surface area contributed by atoms with Crippen molar-refractivity contribution >= 4 is 44.7 Å². The zero-order valence-corrected chi connectivity index (χ0v) is 18.2. The van der Waals surface area contributed by atoms with E-state index in [0.29, 0.717) is 22.6 Å². The number of hydrogen-bond acceptors (Lipinski definition) is 6. The first kappa shape index (κ1) is 22.2. The Morgan fingerprint density at radius 2 is 1.93 bits per heavy atom. The second-order valence-electron chi connectivity index (χ2n) is 6.38. The molecule has 1 aromatic carbocycles. The number of nitrogens with zero attached hydrogens (tertiary/aromatic N) is 1. The van der Waals surface area contributed by atoms with E-state index in [1.807, 2.05) is 0 Å². The van der Waals surface area contributed by atoms with Crippen molar-refractivity contribution in [1.82, 2.24) is 4.57 Å². The number of nitrogens with two attached hydrogens (primary N) is 1. The van der Waals surface area contributed by atoms with E-state index in [1.165, 1.54) is 29.6 Å². The molecule has 0 unspecified atom stereocenters. The van der Waals surface area contributed by atoms with Crippen LogP contribution in [-0.4, -0.2) is 31.3 Å². The molecule has 2 N–H and O–H groups in total. The number of primary sulfonamides is 1. The normalized spacial score (nSPS) is 11.5. The van der Waals surface area contributed by atoms with Gasteiger partial charge in [0.05, 0.1) is 5.02 Å². The molecule has 0 aliphatic rings. The molecule has 0 bridgehead atoms. The average molecular weight is 471 g/mol. The topological polar surface area (TPSA) is 108 Å². The Bertz CT molecular complexity index is 1260. The molecule has 0 radical (unpaired) electrons. The fourth-order valence-corrected chi connectivity index (χ4v) is 5.04. The Morgan fingerprint density at radius 3 is 2.57 bits per heavy atom. The van der Waals surface area contributed by atoms with Crippen LogP contribution in [0, 0.1) is 19.7 Å². The average Bonchev–Trinajstić information content (AvgIpc) is 3.27. The van der Waals surface area contributed by atoms with Gasteiger partial charge >= 0.3 is 5.97 Å². The van der Waals surface area contributed by atoms with Crippen molar-refractivity contribution in [3.63, 3.8) is 0 Å². The van der Waals surface area contributed by atoms with Crippen LogP contribution in [0.5, 0.6) is 0 Å². The Morgan fingerprint density at radius 1 is 1.23 bits per heavy atom. The Balaban J connectivity index is 1.81. The lowest BCUT2D eigenvalue weighted by Gasteiger charge is -2.11. The summed E-state index contributed by atoms with van der Waals surface area (Å²) in [6.45, 7) is 2.87. The van der Waals surface area contributed by atoms with E-state index in [1.54, 1.807) is 24.5 Å². The Hall–Kier alpha value is -2.53. The maximum atomic E-state index is 13.5. The predicted octanol–water partition coefficient (Wildman–Crippen LogP) is 3.64. The highest BCUT2D eigenvalue weighted by Crippen LogP contribution is 2.25. The summed E-state index contributed by atoms with van der Waals surface area (Å²) in [5.74, 6) is -2.00. The van der Waals surface area contributed by atoms with Gasteiger partial charge in [-0.3, -0.25) is 4.79 Å². The second-order valence-corrected chi connectivity index (χ2v) is 9.23. The number of halogens is 2. The molecule has 7 nitrogen and oxygen atoms in total. The van der Waals surface area contributed by atoms with E-state index < -0.39 is 34.2 Å². The molecule has 0 saturated carbocycles. The molecule has 0 aliphatic heterocycles. The minimum absolute atomic E-state index is 0.0524. The fourth-order valence-electron chi connectivity index (χ4n) is 3.01. The summed E-state index contributed by atoms with van der Waals surface area (Å²) in [7, 11) is -4.09. The quantitative estimate of drug-likeness (QED) is 0.437. The van der Waals surface area contributed by atoms with Gasteiger partial charge < -0.3 is 9.30 Å². The number of aromatic nitrogens is 1. The lowest BCUT2D eigenvalue weighted by Crippen LogP contribution is -2.18. The molecule has 0 aliphatic carbocycles. The molecule has 158 valence electrons. The highest BCUT2D eigenvalue weighted by Gasteiger charge is 2.24. The maximum Gasteiger partial charge on any atom is 0.350 e. The van der Waals surface area contributed by atoms with Gasteiger partial charge in [0.15, 0.2) is 6.61 Å². The van der Waals surface area contributed by atoms with Crippen molar-refractivity contribution < 1.29 is 27.1 Å². The van der Waals surface area contributed by atoms with Crippen LogP contribution in [0.15, 0.2) is 40.6 Å². The van der Waals surface area contributed by atoms with Crippen molar-refractivity contribution in [2.24, 2.45) is 5.14 Å². The molecule has 11 heteroatoms. The van der Waals surface area contributed by atoms with E-state index in [9.17, 15) is 22.4 Å². The monoisotopic (exact) mass is 470 g/mol. The van der Waals surface area contributed by atoms with E-state index in [-0.39, 0.29) is 14.8 Å². The number of rotatable bonds is 6. The smallest absolute Gasteiger partial charge is 0.350 e. The summed E-state index contributed by atoms with van der Waals surface area (Å²) < 4.78 is 43.2. The van der Waals surface area contributed by atoms with Crippen LogP contribution >= 0.6 is 22.9 Å². The first-order chi connectivity index (χ1) is 14.0. The summed E-state index contributed by atoms with van der Waals surface area (Å²) in [6, 6.07) is 7.01. The third kappa shape index (κ3) is 4.31. The van der Waals surface area contributed by atoms with E-state index >= 15 is 0 Å². The van der Waals surface area contributed by atoms with Crippen molar-refractivity contribution in [1.29, 1.82) is 0 Å². The summed E-state index contributed by atoms with van der Waals surface area (Å²) in [6.07, 6.45) is 0. The van der Waals surface area contributed by atoms with Crippen LogP contribution in [-0.2, 0) is 14.8 Å². The number of esters is 1. The molecule has 2 heterocycles. The predicted molar refractivity (Wildman–Crippen MR) is 111 cm³/mol. The number of ether oxygens (including phenoxy) is 1. The maximum absolute atomic E-state index is 13.5. The lowest BCUT2D eigenvalue weighted by molar-refractivity contribution is 0.0476. The van der Waals surface area contributed by atoms with Gasteiger partial charge in [-0.05, 0) is 49.6 Å². The molecule has 0 saturated heterocycles. The molecule has 30 heavy (non-hydrogen) atoms. The van der Waals surface area contributed by atoms with E-state index in [2.05, 4.69) is 0 Å². The van der Waals surface area contributed by atoms with Crippen LogP contribution in [0.3, 0.4) is 0 Å². The van der Waals surface area contributed by atoms with Crippen molar-refractivity contribution in [3.8, 4) is 5.69 Å². The number of benzene rings is 1. The number of sulfonamides is 1. The van der Waals surface area contributed by atoms with Gasteiger partial charge in [-0.1, -0.05) is 11.6 Å². The van der Waals surface area contributed by atoms with Gasteiger partial charge in [0.2, 0.25) is 15.8 Å². The molecule has 0 fully saturated rings. The minimum Gasteiger partial charge on any atom is -0.453 e. The van der Waals surface area contributed by atoms with Crippen LogP contribution < -0.4 is 5.14 Å². The van der Waals surface area contributed by atoms with Gasteiger partial charge in [-0.2, -0.15) is 0 Å². The third-order valence-corrected chi connectivity index (χ3v) is 6.61. The largest absolute Gasteiger partial charge is 0.453 e. The molecule has 0 spiro atoms. The fraction of sp³-hybridized carbons (Fsp3) is 0.158. The highest BCUT2D eigenvalue weighted by atomic mass is 35.5. The van der Waals surface area contributed by atoms with Crippen LogP contribution in [0.1, 0.15) is 31.4 Å². The van der Waals surface area contributed by atoms with Crippen molar-refractivity contribution in [3.05, 3.63) is 68.4 Å². The molecule has 0 atom stereocenters. The highest BCUT2D eigenvalue weighted by molar-refractivity contribution is 7.89. The number of aryl methyl sites for hydroxylation is 1. The van der Waals surface area contributed by atoms with Gasteiger partial charge in [-0.15, -0.1) is 11.3 Å². The third-order valence-electron chi connectivity index (χ3n) is 4.35. The van der Waals surface area contributed by atoms with E-state index in [4.69, 9.17) is 21.5 Å². The lowest BCUT2D eigenvalue weighted by atomic mass is 10.1. The number of thiophene rings is 1. The first-order valence-electron chi connectivity index (χ1n) is 8.45. The summed E-state index contributed by atoms with van der Waals surface area (Å²) >= 11 is 6.70. The van der Waals surface area contributed by atoms with Crippen molar-refractivity contribution in [2.75, 3.05) is 6.61 Å². The SMILES string of the molecule is Cc1cc(C(=O)COC(=O)c2sccc2S(N)(=O)=O)c(C)n1-c1ccc(F)c(Cl)c1. The molecule has 3 aromatic rings. The molecular weight excluding hydrogens is 455 g/mol. The Kier molecular flexibility index (Phi) is 6.14. The zero-order valence-electron chi connectivity index (χ0n) is 15.8. The molecular formula is C19H16ClFN2O5S2. The van der Waals surface area contributed by atoms with Crippen LogP contribution in [0.25, 0.3) is 5.69 Å². The van der Waals surface area contributed by atoms with Gasteiger partial charge in [0, 0.05) is 22.6 Å². The molecule has 0 amide bonds. The zero-order chi connectivity index (χ0) is 22.2. The van der Waals surface area contributed by atoms with Gasteiger partial charge in [-0.25, -0.2) is 22.7 Å². The molecule has 3 rings (SSSR count). The summed E-state index contributed by atoms with van der Waals surface area (Å²) in [5.41, 5.74) is 2.12. The van der Waals surface area contributed by atoms with Gasteiger partial charge in [0.1, 0.15) is 15.6 Å². The van der Waals surface area contributed by atoms with Crippen LogP contribution in [0.4, 0.5) is 4.39 Å². The van der Waals surface area contributed by atoms with E-state index in [0.717, 1.165) is 11.3 Å². The number of hydrogen-bond donors (Lipinski definition) is 1.